The molecule has 2 aliphatic rings. The van der Waals surface area contributed by atoms with Crippen molar-refractivity contribution in [2.45, 2.75) is 51.0 Å². The Morgan fingerprint density at radius 3 is 2.53 bits per heavy atom. The first-order valence-electron chi connectivity index (χ1n) is 7.92. The maximum absolute atomic E-state index is 12.0. The molecule has 0 aromatic carbocycles. The molecule has 0 aromatic heterocycles. The predicted molar refractivity (Wildman–Crippen MR) is 78.1 cm³/mol. The van der Waals surface area contributed by atoms with E-state index in [1.807, 2.05) is 0 Å². The van der Waals surface area contributed by atoms with Gasteiger partial charge >= 0.3 is 0 Å². The third kappa shape index (κ3) is 5.49. The molecule has 0 bridgehead atoms. The zero-order valence-corrected chi connectivity index (χ0v) is 12.3. The molecular weight excluding hydrogens is 238 g/mol. The largest absolute Gasteiger partial charge is 0.352 e. The highest BCUT2D eigenvalue weighted by Gasteiger charge is 2.19. The van der Waals surface area contributed by atoms with Crippen LogP contribution in [-0.4, -0.2) is 50.1 Å². The molecule has 1 aliphatic heterocycles. The molecule has 1 amide bonds. The average Bonchev–Trinajstić information content (AvgIpc) is 2.40. The van der Waals surface area contributed by atoms with Crippen molar-refractivity contribution in [3.8, 4) is 0 Å². The van der Waals surface area contributed by atoms with Gasteiger partial charge in [-0.2, -0.15) is 0 Å². The van der Waals surface area contributed by atoms with Crippen LogP contribution in [0.15, 0.2) is 0 Å². The Morgan fingerprint density at radius 1 is 1.16 bits per heavy atom. The lowest BCUT2D eigenvalue weighted by molar-refractivity contribution is -0.123. The number of piperidine rings is 1. The fraction of sp³-hybridized carbons (Fsp3) is 0.933. The van der Waals surface area contributed by atoms with E-state index < -0.39 is 0 Å². The lowest BCUT2D eigenvalue weighted by Gasteiger charge is -2.28. The summed E-state index contributed by atoms with van der Waals surface area (Å²) in [5.74, 6) is 0.970. The number of nitrogens with one attached hydrogen (secondary N) is 2. The lowest BCUT2D eigenvalue weighted by atomic mass is 9.95. The molecule has 4 nitrogen and oxygen atoms in total. The quantitative estimate of drug-likeness (QED) is 0.791. The van der Waals surface area contributed by atoms with Crippen LogP contribution in [0.4, 0.5) is 0 Å². The van der Waals surface area contributed by atoms with Crippen LogP contribution in [0.1, 0.15) is 44.9 Å². The van der Waals surface area contributed by atoms with E-state index in [0.29, 0.717) is 12.6 Å². The monoisotopic (exact) mass is 267 g/mol. The minimum absolute atomic E-state index is 0.211. The summed E-state index contributed by atoms with van der Waals surface area (Å²) < 4.78 is 0. The second-order valence-electron chi connectivity index (χ2n) is 6.29. The third-order valence-corrected chi connectivity index (χ3v) is 4.41. The van der Waals surface area contributed by atoms with Crippen molar-refractivity contribution in [1.29, 1.82) is 0 Å². The van der Waals surface area contributed by atoms with Crippen molar-refractivity contribution in [2.24, 2.45) is 5.92 Å². The summed E-state index contributed by atoms with van der Waals surface area (Å²) >= 11 is 0. The molecule has 0 radical (unpaired) electrons. The normalized spacial score (nSPS) is 22.6. The van der Waals surface area contributed by atoms with Crippen LogP contribution in [0.25, 0.3) is 0 Å². The van der Waals surface area contributed by atoms with E-state index in [4.69, 9.17) is 0 Å². The van der Waals surface area contributed by atoms with E-state index in [0.717, 1.165) is 25.6 Å². The third-order valence-electron chi connectivity index (χ3n) is 4.41. The van der Waals surface area contributed by atoms with Gasteiger partial charge in [-0.15, -0.1) is 0 Å². The Hall–Kier alpha value is -0.610. The average molecular weight is 267 g/mol. The molecule has 1 aliphatic carbocycles. The maximum atomic E-state index is 12.0. The number of carbonyl (C=O) groups excluding carboxylic acids is 1. The van der Waals surface area contributed by atoms with Crippen LogP contribution in [0.5, 0.6) is 0 Å². The Balaban J connectivity index is 1.63. The molecule has 19 heavy (non-hydrogen) atoms. The minimum atomic E-state index is 0.211. The topological polar surface area (TPSA) is 44.4 Å². The van der Waals surface area contributed by atoms with Gasteiger partial charge in [0.2, 0.25) is 5.91 Å². The predicted octanol–water partition coefficient (Wildman–Crippen LogP) is 1.37. The van der Waals surface area contributed by atoms with Crippen LogP contribution < -0.4 is 10.6 Å². The van der Waals surface area contributed by atoms with Gasteiger partial charge in [-0.25, -0.2) is 0 Å². The molecule has 1 saturated heterocycles. The summed E-state index contributed by atoms with van der Waals surface area (Å²) in [5.41, 5.74) is 0. The van der Waals surface area contributed by atoms with Gasteiger partial charge in [-0.3, -0.25) is 9.69 Å². The smallest absolute Gasteiger partial charge is 0.234 e. The van der Waals surface area contributed by atoms with E-state index in [1.165, 1.54) is 44.9 Å². The highest BCUT2D eigenvalue weighted by molar-refractivity contribution is 5.78. The van der Waals surface area contributed by atoms with Gasteiger partial charge in [-0.1, -0.05) is 19.3 Å². The summed E-state index contributed by atoms with van der Waals surface area (Å²) in [6.45, 7) is 3.87. The van der Waals surface area contributed by atoms with Gasteiger partial charge in [0.25, 0.3) is 0 Å². The molecule has 110 valence electrons. The summed E-state index contributed by atoms with van der Waals surface area (Å²) in [5, 5.41) is 6.58. The van der Waals surface area contributed by atoms with Crippen molar-refractivity contribution in [1.82, 2.24) is 15.5 Å². The first-order valence-corrected chi connectivity index (χ1v) is 7.92. The fourth-order valence-corrected chi connectivity index (χ4v) is 3.33. The van der Waals surface area contributed by atoms with E-state index >= 15 is 0 Å². The molecule has 0 unspecified atom stereocenters. The van der Waals surface area contributed by atoms with Crippen LogP contribution in [0, 0.1) is 5.92 Å². The standard InChI is InChI=1S/C15H29N3O/c1-18(11-13-7-9-16-10-8-13)12-15(19)17-14-5-3-2-4-6-14/h13-14,16H,2-12H2,1H3,(H,17,19). The number of likely N-dealkylation sites (N-methyl/N-ethyl adjacent to an activating group) is 1. The first kappa shape index (κ1) is 14.8. The van der Waals surface area contributed by atoms with Crippen molar-refractivity contribution in [2.75, 3.05) is 33.2 Å². The summed E-state index contributed by atoms with van der Waals surface area (Å²) in [7, 11) is 2.07. The van der Waals surface area contributed by atoms with E-state index in [1.54, 1.807) is 0 Å². The van der Waals surface area contributed by atoms with Crippen molar-refractivity contribution in [3.05, 3.63) is 0 Å². The van der Waals surface area contributed by atoms with Gasteiger partial charge in [0.1, 0.15) is 0 Å². The Morgan fingerprint density at radius 2 is 1.84 bits per heavy atom. The highest BCUT2D eigenvalue weighted by atomic mass is 16.2. The zero-order chi connectivity index (χ0) is 13.5. The molecule has 0 aromatic rings. The van der Waals surface area contributed by atoms with E-state index in [-0.39, 0.29) is 5.91 Å². The second kappa shape index (κ2) is 7.85. The van der Waals surface area contributed by atoms with Crippen LogP contribution in [0.2, 0.25) is 0 Å². The van der Waals surface area contributed by atoms with E-state index in [9.17, 15) is 4.79 Å². The molecule has 0 spiro atoms. The number of amides is 1. The van der Waals surface area contributed by atoms with Gasteiger partial charge in [0.15, 0.2) is 0 Å². The summed E-state index contributed by atoms with van der Waals surface area (Å²) in [6, 6.07) is 0.438. The maximum Gasteiger partial charge on any atom is 0.234 e. The molecule has 1 saturated carbocycles. The molecule has 2 fully saturated rings. The fourth-order valence-electron chi connectivity index (χ4n) is 3.33. The van der Waals surface area contributed by atoms with Gasteiger partial charge in [0, 0.05) is 12.6 Å². The summed E-state index contributed by atoms with van der Waals surface area (Å²) in [6.07, 6.45) is 8.71. The van der Waals surface area contributed by atoms with Crippen LogP contribution >= 0.6 is 0 Å². The Bertz CT molecular complexity index is 271. The summed E-state index contributed by atoms with van der Waals surface area (Å²) in [4.78, 5) is 14.2. The Labute approximate surface area is 117 Å². The molecule has 2 rings (SSSR count). The molecule has 2 N–H and O–H groups in total. The SMILES string of the molecule is CN(CC(=O)NC1CCCCC1)CC1CCNCC1. The number of hydrogen-bond acceptors (Lipinski definition) is 3. The highest BCUT2D eigenvalue weighted by Crippen LogP contribution is 2.17. The number of carbonyl (C=O) groups is 1. The first-order chi connectivity index (χ1) is 9.24. The minimum Gasteiger partial charge on any atom is -0.352 e. The Kier molecular flexibility index (Phi) is 6.11. The molecule has 4 heteroatoms. The number of hydrogen-bond donors (Lipinski definition) is 2. The van der Waals surface area contributed by atoms with Crippen LogP contribution in [-0.2, 0) is 4.79 Å². The van der Waals surface area contributed by atoms with Crippen molar-refractivity contribution >= 4 is 5.91 Å². The zero-order valence-electron chi connectivity index (χ0n) is 12.3. The van der Waals surface area contributed by atoms with Crippen molar-refractivity contribution in [3.63, 3.8) is 0 Å². The van der Waals surface area contributed by atoms with Gasteiger partial charge in [0.05, 0.1) is 6.54 Å². The second-order valence-corrected chi connectivity index (χ2v) is 6.29. The van der Waals surface area contributed by atoms with E-state index in [2.05, 4.69) is 22.6 Å². The van der Waals surface area contributed by atoms with Crippen molar-refractivity contribution < 1.29 is 4.79 Å². The number of nitrogens with zero attached hydrogens (tertiary/aromatic N) is 1. The molecular formula is C15H29N3O. The molecule has 1 heterocycles. The lowest BCUT2D eigenvalue weighted by Crippen LogP contribution is -2.43. The molecule has 0 atom stereocenters. The number of rotatable bonds is 5. The van der Waals surface area contributed by atoms with Crippen LogP contribution in [0.3, 0.4) is 0 Å². The van der Waals surface area contributed by atoms with Gasteiger partial charge in [-0.05, 0) is 51.7 Å². The van der Waals surface area contributed by atoms with Gasteiger partial charge < -0.3 is 10.6 Å².